The van der Waals surface area contributed by atoms with E-state index in [2.05, 4.69) is 39.8 Å². The summed E-state index contributed by atoms with van der Waals surface area (Å²) in [4.78, 5) is 9.09. The van der Waals surface area contributed by atoms with Gasteiger partial charge in [-0.3, -0.25) is 0 Å². The van der Waals surface area contributed by atoms with Gasteiger partial charge >= 0.3 is 0 Å². The molecule has 1 aromatic rings. The number of hydrogen-bond donors (Lipinski definition) is 2. The molecule has 2 rings (SSSR count). The maximum atomic E-state index is 4.57. The summed E-state index contributed by atoms with van der Waals surface area (Å²) in [6, 6.07) is 0. The van der Waals surface area contributed by atoms with Gasteiger partial charge in [-0.2, -0.15) is 0 Å². The molecule has 0 amide bonds. The van der Waals surface area contributed by atoms with Crippen molar-refractivity contribution in [3.63, 3.8) is 0 Å². The molecule has 2 N–H and O–H groups in total. The molecule has 0 saturated heterocycles. The smallest absolute Gasteiger partial charge is 0.191 e. The molecule has 108 valence electrons. The minimum Gasteiger partial charge on any atom is -0.357 e. The number of nitrogens with one attached hydrogen (secondary N) is 2. The van der Waals surface area contributed by atoms with Crippen molar-refractivity contribution in [3.8, 4) is 0 Å². The number of thiazole rings is 1. The standard InChI is InChI=1S/C13H22N4S.HI/c1-3-12-17-11(9-18-12)8-16-13(14-4-2)15-7-10-5-6-10;/h9-10H,3-8H2,1-2H3,(H2,14,15,16);1H. The second-order valence-electron chi connectivity index (χ2n) is 4.61. The highest BCUT2D eigenvalue weighted by atomic mass is 127. The van der Waals surface area contributed by atoms with Crippen LogP contribution in [0.2, 0.25) is 0 Å². The summed E-state index contributed by atoms with van der Waals surface area (Å²) in [6.45, 7) is 6.83. The SMILES string of the molecule is CCNC(=NCc1csc(CC)n1)NCC1CC1.I. The zero-order valence-corrected chi connectivity index (χ0v) is 14.8. The van der Waals surface area contributed by atoms with Gasteiger partial charge in [0.1, 0.15) is 0 Å². The summed E-state index contributed by atoms with van der Waals surface area (Å²) >= 11 is 1.72. The van der Waals surface area contributed by atoms with Gasteiger partial charge in [0, 0.05) is 18.5 Å². The molecule has 0 radical (unpaired) electrons. The van der Waals surface area contributed by atoms with Crippen LogP contribution >= 0.6 is 35.3 Å². The molecule has 1 saturated carbocycles. The lowest BCUT2D eigenvalue weighted by atomic mass is 10.4. The van der Waals surface area contributed by atoms with Gasteiger partial charge < -0.3 is 10.6 Å². The van der Waals surface area contributed by atoms with Crippen molar-refractivity contribution in [1.29, 1.82) is 0 Å². The van der Waals surface area contributed by atoms with Gasteiger partial charge in [-0.15, -0.1) is 35.3 Å². The molecule has 1 aromatic heterocycles. The van der Waals surface area contributed by atoms with Crippen LogP contribution in [0.1, 0.15) is 37.4 Å². The second kappa shape index (κ2) is 8.73. The van der Waals surface area contributed by atoms with Crippen molar-refractivity contribution in [3.05, 3.63) is 16.1 Å². The second-order valence-corrected chi connectivity index (χ2v) is 5.55. The molecule has 1 fully saturated rings. The van der Waals surface area contributed by atoms with Gasteiger partial charge in [-0.25, -0.2) is 9.98 Å². The Balaban J connectivity index is 0.00000180. The minimum atomic E-state index is 0. The van der Waals surface area contributed by atoms with E-state index in [0.717, 1.165) is 37.1 Å². The fourth-order valence-electron chi connectivity index (χ4n) is 1.65. The Hall–Kier alpha value is -0.370. The van der Waals surface area contributed by atoms with Crippen LogP contribution in [0.25, 0.3) is 0 Å². The molecule has 1 heterocycles. The summed E-state index contributed by atoms with van der Waals surface area (Å²) in [5.74, 6) is 1.77. The van der Waals surface area contributed by atoms with E-state index in [1.807, 2.05) is 0 Å². The zero-order chi connectivity index (χ0) is 12.8. The van der Waals surface area contributed by atoms with Crippen LogP contribution in [0.4, 0.5) is 0 Å². The van der Waals surface area contributed by atoms with Crippen molar-refractivity contribution >= 4 is 41.3 Å². The van der Waals surface area contributed by atoms with Crippen LogP contribution in [0.3, 0.4) is 0 Å². The van der Waals surface area contributed by atoms with Crippen LogP contribution in [0.15, 0.2) is 10.4 Å². The summed E-state index contributed by atoms with van der Waals surface area (Å²) in [5.41, 5.74) is 1.07. The number of rotatable bonds is 6. The number of halogens is 1. The third kappa shape index (κ3) is 6.07. The van der Waals surface area contributed by atoms with Crippen molar-refractivity contribution in [1.82, 2.24) is 15.6 Å². The van der Waals surface area contributed by atoms with Gasteiger partial charge in [-0.1, -0.05) is 6.92 Å². The molecule has 19 heavy (non-hydrogen) atoms. The Bertz CT molecular complexity index is 401. The van der Waals surface area contributed by atoms with Crippen LogP contribution in [0.5, 0.6) is 0 Å². The first-order chi connectivity index (χ1) is 8.81. The van der Waals surface area contributed by atoms with Crippen molar-refractivity contribution in [2.45, 2.75) is 39.7 Å². The molecule has 0 aromatic carbocycles. The van der Waals surface area contributed by atoms with E-state index in [1.54, 1.807) is 11.3 Å². The maximum Gasteiger partial charge on any atom is 0.191 e. The molecular weight excluding hydrogens is 371 g/mol. The third-order valence-corrected chi connectivity index (χ3v) is 3.94. The van der Waals surface area contributed by atoms with Gasteiger partial charge in [0.15, 0.2) is 5.96 Å². The van der Waals surface area contributed by atoms with E-state index in [-0.39, 0.29) is 24.0 Å². The highest BCUT2D eigenvalue weighted by molar-refractivity contribution is 14.0. The lowest BCUT2D eigenvalue weighted by molar-refractivity contribution is 0.738. The highest BCUT2D eigenvalue weighted by Gasteiger charge is 2.20. The quantitative estimate of drug-likeness (QED) is 0.443. The lowest BCUT2D eigenvalue weighted by Crippen LogP contribution is -2.38. The Labute approximate surface area is 136 Å². The molecule has 0 unspecified atom stereocenters. The summed E-state index contributed by atoms with van der Waals surface area (Å²) < 4.78 is 0. The first kappa shape index (κ1) is 16.7. The number of nitrogens with zero attached hydrogens (tertiary/aromatic N) is 2. The fraction of sp³-hybridized carbons (Fsp3) is 0.692. The molecule has 1 aliphatic rings. The normalized spacial score (nSPS) is 14.9. The summed E-state index contributed by atoms with van der Waals surface area (Å²) in [7, 11) is 0. The molecule has 0 atom stereocenters. The van der Waals surface area contributed by atoms with Crippen molar-refractivity contribution in [2.24, 2.45) is 10.9 Å². The number of hydrogen-bond acceptors (Lipinski definition) is 3. The Morgan fingerprint density at radius 1 is 1.42 bits per heavy atom. The van der Waals surface area contributed by atoms with E-state index < -0.39 is 0 Å². The topological polar surface area (TPSA) is 49.3 Å². The molecule has 0 spiro atoms. The Morgan fingerprint density at radius 3 is 2.79 bits per heavy atom. The molecule has 0 aliphatic heterocycles. The summed E-state index contributed by atoms with van der Waals surface area (Å²) in [6.07, 6.45) is 3.73. The average Bonchev–Trinajstić information content (AvgIpc) is 3.10. The molecule has 4 nitrogen and oxygen atoms in total. The first-order valence-electron chi connectivity index (χ1n) is 6.77. The predicted molar refractivity (Wildman–Crippen MR) is 92.4 cm³/mol. The minimum absolute atomic E-state index is 0. The summed E-state index contributed by atoms with van der Waals surface area (Å²) in [5, 5.41) is 9.95. The van der Waals surface area contributed by atoms with Crippen molar-refractivity contribution < 1.29 is 0 Å². The fourth-order valence-corrected chi connectivity index (χ4v) is 2.38. The van der Waals surface area contributed by atoms with Crippen LogP contribution in [-0.2, 0) is 13.0 Å². The highest BCUT2D eigenvalue weighted by Crippen LogP contribution is 2.27. The molecular formula is C13H23IN4S. The Kier molecular flexibility index (Phi) is 7.67. The van der Waals surface area contributed by atoms with Gasteiger partial charge in [0.25, 0.3) is 0 Å². The third-order valence-electron chi connectivity index (χ3n) is 2.90. The van der Waals surface area contributed by atoms with E-state index in [0.29, 0.717) is 6.54 Å². The van der Waals surface area contributed by atoms with Crippen LogP contribution < -0.4 is 10.6 Å². The monoisotopic (exact) mass is 394 g/mol. The van der Waals surface area contributed by atoms with Gasteiger partial charge in [0.05, 0.1) is 17.2 Å². The first-order valence-corrected chi connectivity index (χ1v) is 7.65. The van der Waals surface area contributed by atoms with E-state index >= 15 is 0 Å². The predicted octanol–water partition coefficient (Wildman–Crippen LogP) is 2.79. The largest absolute Gasteiger partial charge is 0.357 e. The Morgan fingerprint density at radius 2 is 2.21 bits per heavy atom. The average molecular weight is 394 g/mol. The van der Waals surface area contributed by atoms with Crippen molar-refractivity contribution in [2.75, 3.05) is 13.1 Å². The number of guanidine groups is 1. The van der Waals surface area contributed by atoms with Crippen LogP contribution in [-0.4, -0.2) is 24.0 Å². The van der Waals surface area contributed by atoms with Gasteiger partial charge in [-0.05, 0) is 32.1 Å². The molecule has 6 heteroatoms. The number of aliphatic imine (C=N–C) groups is 1. The molecule has 1 aliphatic carbocycles. The number of aryl methyl sites for hydroxylation is 1. The van der Waals surface area contributed by atoms with Crippen LogP contribution in [0, 0.1) is 5.92 Å². The van der Waals surface area contributed by atoms with E-state index in [1.165, 1.54) is 17.8 Å². The lowest BCUT2D eigenvalue weighted by Gasteiger charge is -2.10. The molecule has 0 bridgehead atoms. The number of aromatic nitrogens is 1. The zero-order valence-electron chi connectivity index (χ0n) is 11.6. The van der Waals surface area contributed by atoms with E-state index in [9.17, 15) is 0 Å². The van der Waals surface area contributed by atoms with E-state index in [4.69, 9.17) is 0 Å². The van der Waals surface area contributed by atoms with Gasteiger partial charge in [0.2, 0.25) is 0 Å². The maximum absolute atomic E-state index is 4.57.